The average Bonchev–Trinajstić information content (AvgIpc) is 3.12. The minimum Gasteiger partial charge on any atom is -0.455 e. The quantitative estimate of drug-likeness (QED) is 0.278. The minimum absolute atomic E-state index is 0.193. The fourth-order valence-electron chi connectivity index (χ4n) is 4.54. The van der Waals surface area contributed by atoms with E-state index < -0.39 is 0 Å². The van der Waals surface area contributed by atoms with Crippen molar-refractivity contribution in [1.29, 1.82) is 0 Å². The number of hydrogen-bond donors (Lipinski definition) is 1. The second-order valence-electron chi connectivity index (χ2n) is 9.10. The maximum Gasteiger partial charge on any atom is 0.322 e. The van der Waals surface area contributed by atoms with Gasteiger partial charge in [-0.25, -0.2) is 9.79 Å². The first-order valence-electron chi connectivity index (χ1n) is 12.5. The highest BCUT2D eigenvalue weighted by Gasteiger charge is 2.28. The van der Waals surface area contributed by atoms with Gasteiger partial charge in [0, 0.05) is 36.2 Å². The van der Waals surface area contributed by atoms with Crippen molar-refractivity contribution in [3.05, 3.63) is 107 Å². The van der Waals surface area contributed by atoms with Crippen molar-refractivity contribution in [1.82, 2.24) is 9.80 Å². The summed E-state index contributed by atoms with van der Waals surface area (Å²) in [6.07, 6.45) is 0. The van der Waals surface area contributed by atoms with E-state index in [1.54, 1.807) is 29.2 Å². The molecule has 0 bridgehead atoms. The molecule has 6 rings (SSSR count). The van der Waals surface area contributed by atoms with E-state index in [1.807, 2.05) is 66.7 Å². The van der Waals surface area contributed by atoms with E-state index in [9.17, 15) is 4.79 Å². The van der Waals surface area contributed by atoms with Gasteiger partial charge in [-0.3, -0.25) is 0 Å². The molecule has 0 atom stereocenters. The lowest BCUT2D eigenvalue weighted by Crippen LogP contribution is -2.51. The molecule has 0 radical (unpaired) electrons. The SMILES string of the molecule is O=C(Nc1ccccc1Oc1ccc(Cl)cc1)N1CCN(C2=Nc3ccccc3Oc3ccc(Cl)cc32)CC1. The Morgan fingerprint density at radius 1 is 0.821 bits per heavy atom. The zero-order chi connectivity index (χ0) is 26.8. The first kappa shape index (κ1) is 25.1. The molecule has 4 aromatic carbocycles. The molecule has 7 nitrogen and oxygen atoms in total. The van der Waals surface area contributed by atoms with Crippen molar-refractivity contribution in [2.24, 2.45) is 4.99 Å². The van der Waals surface area contributed by atoms with Gasteiger partial charge in [0.25, 0.3) is 0 Å². The summed E-state index contributed by atoms with van der Waals surface area (Å²) < 4.78 is 12.2. The van der Waals surface area contributed by atoms with Crippen LogP contribution in [0.4, 0.5) is 16.2 Å². The Morgan fingerprint density at radius 3 is 2.36 bits per heavy atom. The number of piperazine rings is 1. The Bertz CT molecular complexity index is 1550. The molecule has 1 saturated heterocycles. The number of fused-ring (bicyclic) bond motifs is 2. The molecular formula is C30H24Cl2N4O3. The summed E-state index contributed by atoms with van der Waals surface area (Å²) in [6, 6.07) is 27.5. The molecule has 0 spiro atoms. The number of carbonyl (C=O) groups is 1. The van der Waals surface area contributed by atoms with Gasteiger partial charge in [0.05, 0.1) is 11.3 Å². The van der Waals surface area contributed by atoms with Crippen molar-refractivity contribution >= 4 is 46.4 Å². The number of carbonyl (C=O) groups excluding carboxylic acids is 1. The number of para-hydroxylation sites is 4. The number of nitrogens with zero attached hydrogens (tertiary/aromatic N) is 3. The monoisotopic (exact) mass is 558 g/mol. The molecule has 1 fully saturated rings. The van der Waals surface area contributed by atoms with Crippen molar-refractivity contribution in [3.63, 3.8) is 0 Å². The number of halogens is 2. The third-order valence-electron chi connectivity index (χ3n) is 6.53. The Kier molecular flexibility index (Phi) is 7.00. The molecule has 9 heteroatoms. The van der Waals surface area contributed by atoms with E-state index in [1.165, 1.54) is 0 Å². The Morgan fingerprint density at radius 2 is 1.54 bits per heavy atom. The van der Waals surface area contributed by atoms with Crippen LogP contribution in [0.3, 0.4) is 0 Å². The van der Waals surface area contributed by atoms with Crippen molar-refractivity contribution in [3.8, 4) is 23.0 Å². The first-order chi connectivity index (χ1) is 19.0. The highest BCUT2D eigenvalue weighted by molar-refractivity contribution is 6.31. The van der Waals surface area contributed by atoms with Crippen LogP contribution in [0.2, 0.25) is 10.0 Å². The Hall–Kier alpha value is -4.20. The molecule has 2 heterocycles. The predicted octanol–water partition coefficient (Wildman–Crippen LogP) is 7.82. The highest BCUT2D eigenvalue weighted by Crippen LogP contribution is 2.39. The van der Waals surface area contributed by atoms with E-state index in [-0.39, 0.29) is 6.03 Å². The van der Waals surface area contributed by atoms with E-state index in [0.29, 0.717) is 64.9 Å². The van der Waals surface area contributed by atoms with Gasteiger partial charge in [-0.15, -0.1) is 0 Å². The Labute approximate surface area is 236 Å². The molecule has 0 saturated carbocycles. The van der Waals surface area contributed by atoms with E-state index in [2.05, 4.69) is 10.2 Å². The Balaban J connectivity index is 1.17. The number of ether oxygens (including phenoxy) is 2. The summed E-state index contributed by atoms with van der Waals surface area (Å²) in [5, 5.41) is 4.23. The molecule has 0 aromatic heterocycles. The lowest BCUT2D eigenvalue weighted by Gasteiger charge is -2.36. The average molecular weight is 559 g/mol. The maximum atomic E-state index is 13.2. The largest absolute Gasteiger partial charge is 0.455 e. The van der Waals surface area contributed by atoms with E-state index in [4.69, 9.17) is 37.7 Å². The minimum atomic E-state index is -0.193. The number of nitrogens with one attached hydrogen (secondary N) is 1. The number of anilines is 1. The van der Waals surface area contributed by atoms with Crippen molar-refractivity contribution in [2.75, 3.05) is 31.5 Å². The molecule has 39 heavy (non-hydrogen) atoms. The van der Waals surface area contributed by atoms with Crippen LogP contribution in [-0.4, -0.2) is 47.8 Å². The topological polar surface area (TPSA) is 66.4 Å². The molecule has 0 aliphatic carbocycles. The highest BCUT2D eigenvalue weighted by atomic mass is 35.5. The van der Waals surface area contributed by atoms with Crippen LogP contribution < -0.4 is 14.8 Å². The van der Waals surface area contributed by atoms with Gasteiger partial charge in [0.2, 0.25) is 0 Å². The summed E-state index contributed by atoms with van der Waals surface area (Å²) in [7, 11) is 0. The molecule has 1 N–H and O–H groups in total. The second kappa shape index (κ2) is 10.9. The van der Waals surface area contributed by atoms with Gasteiger partial charge in [0.1, 0.15) is 23.0 Å². The normalized spacial score (nSPS) is 14.4. The number of rotatable bonds is 3. The van der Waals surface area contributed by atoms with E-state index in [0.717, 1.165) is 17.1 Å². The first-order valence-corrected chi connectivity index (χ1v) is 13.3. The van der Waals surface area contributed by atoms with Gasteiger partial charge in [-0.1, -0.05) is 47.5 Å². The number of amides is 2. The zero-order valence-corrected chi connectivity index (χ0v) is 22.3. The summed E-state index contributed by atoms with van der Waals surface area (Å²) >= 11 is 12.3. The third kappa shape index (κ3) is 5.50. The number of amidine groups is 1. The lowest BCUT2D eigenvalue weighted by atomic mass is 10.1. The number of benzene rings is 4. The van der Waals surface area contributed by atoms with Gasteiger partial charge >= 0.3 is 6.03 Å². The third-order valence-corrected chi connectivity index (χ3v) is 7.02. The maximum absolute atomic E-state index is 13.2. The van der Waals surface area contributed by atoms with Crippen LogP contribution in [0.1, 0.15) is 5.56 Å². The molecule has 2 aliphatic heterocycles. The van der Waals surface area contributed by atoms with Crippen LogP contribution in [0.15, 0.2) is 96.0 Å². The predicted molar refractivity (Wildman–Crippen MR) is 154 cm³/mol. The van der Waals surface area contributed by atoms with Gasteiger partial charge in [-0.2, -0.15) is 0 Å². The summed E-state index contributed by atoms with van der Waals surface area (Å²) in [4.78, 5) is 22.1. The molecule has 196 valence electrons. The summed E-state index contributed by atoms with van der Waals surface area (Å²) in [6.45, 7) is 2.24. The fraction of sp³-hybridized carbons (Fsp3) is 0.133. The number of hydrogen-bond acceptors (Lipinski definition) is 5. The number of urea groups is 1. The van der Waals surface area contributed by atoms with Crippen molar-refractivity contribution < 1.29 is 14.3 Å². The number of aliphatic imine (C=N–C) groups is 1. The molecular weight excluding hydrogens is 535 g/mol. The standard InChI is InChI=1S/C30H24Cl2N4O3/c31-20-9-12-22(13-10-20)38-27-7-3-2-6-25(27)34-30(37)36-17-15-35(16-18-36)29-23-19-21(32)11-14-26(23)39-28-8-4-1-5-24(28)33-29/h1-14,19H,15-18H2,(H,34,37). The fourth-order valence-corrected chi connectivity index (χ4v) is 4.84. The van der Waals surface area contributed by atoms with E-state index >= 15 is 0 Å². The van der Waals surface area contributed by atoms with Crippen molar-refractivity contribution in [2.45, 2.75) is 0 Å². The van der Waals surface area contributed by atoms with Gasteiger partial charge in [-0.05, 0) is 66.7 Å². The summed E-state index contributed by atoms with van der Waals surface area (Å²) in [5.74, 6) is 3.34. The van der Waals surface area contributed by atoms with Crippen LogP contribution in [0.25, 0.3) is 0 Å². The van der Waals surface area contributed by atoms with Crippen LogP contribution in [-0.2, 0) is 0 Å². The summed E-state index contributed by atoms with van der Waals surface area (Å²) in [5.41, 5.74) is 2.16. The molecule has 2 amide bonds. The molecule has 4 aromatic rings. The smallest absolute Gasteiger partial charge is 0.322 e. The van der Waals surface area contributed by atoms with Crippen LogP contribution in [0, 0.1) is 0 Å². The van der Waals surface area contributed by atoms with Gasteiger partial charge in [0.15, 0.2) is 11.5 Å². The van der Waals surface area contributed by atoms with Crippen LogP contribution in [0.5, 0.6) is 23.0 Å². The second-order valence-corrected chi connectivity index (χ2v) is 9.97. The molecule has 0 unspecified atom stereocenters. The lowest BCUT2D eigenvalue weighted by molar-refractivity contribution is 0.181. The van der Waals surface area contributed by atoms with Gasteiger partial charge < -0.3 is 24.6 Å². The van der Waals surface area contributed by atoms with Crippen LogP contribution >= 0.6 is 23.2 Å². The molecule has 2 aliphatic rings. The zero-order valence-electron chi connectivity index (χ0n) is 20.8.